The molecule has 2 rings (SSSR count). The van der Waals surface area contributed by atoms with Gasteiger partial charge in [-0.05, 0) is 62.8 Å². The maximum absolute atomic E-state index is 11.0. The predicted octanol–water partition coefficient (Wildman–Crippen LogP) is 4.45. The third-order valence-electron chi connectivity index (χ3n) is 2.52. The first kappa shape index (κ1) is 15.7. The minimum Gasteiger partial charge on any atom is -0.478 e. The van der Waals surface area contributed by atoms with Gasteiger partial charge in [-0.3, -0.25) is 10.1 Å². The molecule has 0 aliphatic rings. The Balaban J connectivity index is 2.36. The normalized spacial score (nSPS) is 10.2. The Morgan fingerprint density at radius 3 is 2.52 bits per heavy atom. The van der Waals surface area contributed by atoms with Crippen molar-refractivity contribution in [3.05, 3.63) is 60.1 Å². The fraction of sp³-hybridized carbons (Fsp3) is 0. The van der Waals surface area contributed by atoms with E-state index < -0.39 is 10.9 Å². The second kappa shape index (κ2) is 6.39. The smallest absolute Gasteiger partial charge is 0.335 e. The van der Waals surface area contributed by atoms with E-state index in [9.17, 15) is 14.9 Å². The van der Waals surface area contributed by atoms with Crippen LogP contribution in [0.4, 0.5) is 5.69 Å². The van der Waals surface area contributed by atoms with E-state index in [1.807, 2.05) is 22.6 Å². The summed E-state index contributed by atoms with van der Waals surface area (Å²) in [5.41, 5.74) is 0.0511. The standard InChI is InChI=1S/C13H7BrINO5/c14-9-3-1-7(13(17)18)5-12(9)21-11-4-2-8(16(19)20)6-10(11)15/h1-6H,(H,17,18). The largest absolute Gasteiger partial charge is 0.478 e. The number of nitro benzene ring substituents is 1. The fourth-order valence-corrected chi connectivity index (χ4v) is 2.46. The second-order valence-corrected chi connectivity index (χ2v) is 5.94. The first-order chi connectivity index (χ1) is 9.88. The van der Waals surface area contributed by atoms with Crippen molar-refractivity contribution in [1.82, 2.24) is 0 Å². The van der Waals surface area contributed by atoms with Crippen molar-refractivity contribution in [2.24, 2.45) is 0 Å². The van der Waals surface area contributed by atoms with Crippen molar-refractivity contribution in [2.75, 3.05) is 0 Å². The van der Waals surface area contributed by atoms with Crippen LogP contribution in [0.2, 0.25) is 0 Å². The average Bonchev–Trinajstić information content (AvgIpc) is 2.42. The van der Waals surface area contributed by atoms with Crippen LogP contribution in [-0.4, -0.2) is 16.0 Å². The molecule has 0 amide bonds. The quantitative estimate of drug-likeness (QED) is 0.411. The van der Waals surface area contributed by atoms with Gasteiger partial charge >= 0.3 is 5.97 Å². The number of halogens is 2. The lowest BCUT2D eigenvalue weighted by atomic mass is 10.2. The van der Waals surface area contributed by atoms with E-state index in [0.717, 1.165) is 0 Å². The van der Waals surface area contributed by atoms with Gasteiger partial charge in [-0.15, -0.1) is 0 Å². The number of hydrogen-bond acceptors (Lipinski definition) is 4. The summed E-state index contributed by atoms with van der Waals surface area (Å²) in [4.78, 5) is 21.1. The summed E-state index contributed by atoms with van der Waals surface area (Å²) in [6.07, 6.45) is 0. The molecule has 0 bridgehead atoms. The molecule has 6 nitrogen and oxygen atoms in total. The lowest BCUT2D eigenvalue weighted by Gasteiger charge is -2.10. The van der Waals surface area contributed by atoms with E-state index in [4.69, 9.17) is 9.84 Å². The lowest BCUT2D eigenvalue weighted by Crippen LogP contribution is -1.97. The molecule has 0 heterocycles. The van der Waals surface area contributed by atoms with Crippen LogP contribution in [0.5, 0.6) is 11.5 Å². The number of carboxylic acid groups (broad SMARTS) is 1. The molecule has 0 unspecified atom stereocenters. The van der Waals surface area contributed by atoms with Crippen LogP contribution >= 0.6 is 38.5 Å². The summed E-state index contributed by atoms with van der Waals surface area (Å²) in [5, 5.41) is 19.7. The first-order valence-corrected chi connectivity index (χ1v) is 7.40. The molecule has 0 aliphatic heterocycles. The number of nitro groups is 1. The van der Waals surface area contributed by atoms with E-state index in [2.05, 4.69) is 15.9 Å². The molecule has 0 saturated heterocycles. The van der Waals surface area contributed by atoms with E-state index in [0.29, 0.717) is 19.5 Å². The van der Waals surface area contributed by atoms with Gasteiger partial charge < -0.3 is 9.84 Å². The van der Waals surface area contributed by atoms with Crippen LogP contribution in [0.25, 0.3) is 0 Å². The Bertz CT molecular complexity index is 734. The number of aromatic carboxylic acids is 1. The van der Waals surface area contributed by atoms with Crippen molar-refractivity contribution in [3.63, 3.8) is 0 Å². The van der Waals surface area contributed by atoms with E-state index in [-0.39, 0.29) is 11.3 Å². The van der Waals surface area contributed by atoms with Crippen LogP contribution in [0.15, 0.2) is 40.9 Å². The zero-order valence-corrected chi connectivity index (χ0v) is 14.0. The van der Waals surface area contributed by atoms with Gasteiger partial charge in [0.25, 0.3) is 5.69 Å². The number of rotatable bonds is 4. The van der Waals surface area contributed by atoms with Crippen molar-refractivity contribution in [2.45, 2.75) is 0 Å². The molecule has 0 aromatic heterocycles. The maximum Gasteiger partial charge on any atom is 0.335 e. The van der Waals surface area contributed by atoms with Crippen molar-refractivity contribution >= 4 is 50.2 Å². The van der Waals surface area contributed by atoms with Gasteiger partial charge in [0, 0.05) is 12.1 Å². The molecule has 0 atom stereocenters. The summed E-state index contributed by atoms with van der Waals surface area (Å²) >= 11 is 5.19. The van der Waals surface area contributed by atoms with Gasteiger partial charge in [0.05, 0.1) is 18.5 Å². The Kier molecular flexibility index (Phi) is 4.78. The fourth-order valence-electron chi connectivity index (χ4n) is 1.52. The van der Waals surface area contributed by atoms with Crippen molar-refractivity contribution < 1.29 is 19.6 Å². The van der Waals surface area contributed by atoms with Gasteiger partial charge in [-0.2, -0.15) is 0 Å². The lowest BCUT2D eigenvalue weighted by molar-refractivity contribution is -0.385. The third kappa shape index (κ3) is 3.70. The number of hydrogen-bond donors (Lipinski definition) is 1. The highest BCUT2D eigenvalue weighted by molar-refractivity contribution is 14.1. The molecule has 8 heteroatoms. The monoisotopic (exact) mass is 463 g/mol. The van der Waals surface area contributed by atoms with E-state index in [1.165, 1.54) is 30.3 Å². The van der Waals surface area contributed by atoms with Gasteiger partial charge in [0.2, 0.25) is 0 Å². The Hall–Kier alpha value is -1.68. The highest BCUT2D eigenvalue weighted by Gasteiger charge is 2.13. The Labute approximate surface area is 141 Å². The Morgan fingerprint density at radius 2 is 1.95 bits per heavy atom. The molecule has 1 N–H and O–H groups in total. The van der Waals surface area contributed by atoms with Gasteiger partial charge in [0.15, 0.2) is 0 Å². The van der Waals surface area contributed by atoms with Crippen LogP contribution in [0.3, 0.4) is 0 Å². The summed E-state index contributed by atoms with van der Waals surface area (Å²) in [5.74, 6) is -0.336. The molecule has 0 fully saturated rings. The summed E-state index contributed by atoms with van der Waals surface area (Å²) in [6, 6.07) is 8.57. The van der Waals surface area contributed by atoms with Crippen LogP contribution < -0.4 is 4.74 Å². The molecule has 0 aliphatic carbocycles. The van der Waals surface area contributed by atoms with Crippen LogP contribution in [-0.2, 0) is 0 Å². The van der Waals surface area contributed by atoms with E-state index in [1.54, 1.807) is 6.07 Å². The highest BCUT2D eigenvalue weighted by Crippen LogP contribution is 2.34. The Morgan fingerprint density at radius 1 is 1.24 bits per heavy atom. The number of carboxylic acids is 1. The van der Waals surface area contributed by atoms with Crippen molar-refractivity contribution in [3.8, 4) is 11.5 Å². The van der Waals surface area contributed by atoms with E-state index >= 15 is 0 Å². The predicted molar refractivity (Wildman–Crippen MR) is 87.0 cm³/mol. The summed E-state index contributed by atoms with van der Waals surface area (Å²) < 4.78 is 6.76. The van der Waals surface area contributed by atoms with Crippen LogP contribution in [0.1, 0.15) is 10.4 Å². The second-order valence-electron chi connectivity index (χ2n) is 3.92. The molecule has 0 spiro atoms. The zero-order chi connectivity index (χ0) is 15.6. The molecule has 2 aromatic carbocycles. The molecule has 0 radical (unpaired) electrons. The first-order valence-electron chi connectivity index (χ1n) is 5.53. The van der Waals surface area contributed by atoms with Gasteiger partial charge in [0.1, 0.15) is 11.5 Å². The molecule has 0 saturated carbocycles. The molecular weight excluding hydrogens is 457 g/mol. The van der Waals surface area contributed by atoms with Gasteiger partial charge in [-0.1, -0.05) is 0 Å². The number of benzene rings is 2. The maximum atomic E-state index is 11.0. The third-order valence-corrected chi connectivity index (χ3v) is 4.02. The number of non-ortho nitro benzene ring substituents is 1. The van der Waals surface area contributed by atoms with Crippen LogP contribution in [0, 0.1) is 13.7 Å². The number of ether oxygens (including phenoxy) is 1. The number of carbonyl (C=O) groups is 1. The summed E-state index contributed by atoms with van der Waals surface area (Å²) in [7, 11) is 0. The number of nitrogens with zero attached hydrogens (tertiary/aromatic N) is 1. The summed E-state index contributed by atoms with van der Waals surface area (Å²) in [6.45, 7) is 0. The molecule has 108 valence electrons. The highest BCUT2D eigenvalue weighted by atomic mass is 127. The average molecular weight is 464 g/mol. The molecule has 21 heavy (non-hydrogen) atoms. The SMILES string of the molecule is O=C(O)c1ccc(Br)c(Oc2ccc([N+](=O)[O-])cc2I)c1. The minimum atomic E-state index is -1.06. The minimum absolute atomic E-state index is 0.0369. The van der Waals surface area contributed by atoms with Crippen molar-refractivity contribution in [1.29, 1.82) is 0 Å². The zero-order valence-electron chi connectivity index (χ0n) is 10.2. The molecule has 2 aromatic rings. The topological polar surface area (TPSA) is 89.7 Å². The van der Waals surface area contributed by atoms with Gasteiger partial charge in [-0.25, -0.2) is 4.79 Å². The molecular formula is C13H7BrINO5.